The van der Waals surface area contributed by atoms with Crippen LogP contribution in [-0.2, 0) is 9.53 Å². The zero-order chi connectivity index (χ0) is 15.1. The fourth-order valence-corrected chi connectivity index (χ4v) is 2.06. The molecular weight excluding hydrogens is 274 g/mol. The lowest BCUT2D eigenvalue weighted by Gasteiger charge is -2.22. The molecule has 1 aliphatic rings. The maximum Gasteiger partial charge on any atom is 0.295 e. The number of carbonyl (C=O) groups excluding carboxylic acids is 1. The second kappa shape index (κ2) is 7.61. The molecule has 0 saturated carbocycles. The molecule has 7 heteroatoms. The molecule has 1 saturated heterocycles. The molecule has 1 amide bonds. The van der Waals surface area contributed by atoms with Crippen LogP contribution in [0.4, 0.5) is 0 Å². The summed E-state index contributed by atoms with van der Waals surface area (Å²) >= 11 is 0. The van der Waals surface area contributed by atoms with Crippen LogP contribution in [0.15, 0.2) is 23.3 Å². The number of carbonyl (C=O) groups is 1. The third-order valence-electron chi connectivity index (χ3n) is 3.22. The lowest BCUT2D eigenvalue weighted by Crippen LogP contribution is -3.15. The van der Waals surface area contributed by atoms with E-state index in [2.05, 4.69) is 10.5 Å². The van der Waals surface area contributed by atoms with Crippen molar-refractivity contribution in [3.05, 3.63) is 23.8 Å². The Bertz CT molecular complexity index is 513. The summed E-state index contributed by atoms with van der Waals surface area (Å²) in [6.07, 6.45) is 1.51. The van der Waals surface area contributed by atoms with Gasteiger partial charge in [0.25, 0.3) is 5.91 Å². The Morgan fingerprint density at radius 2 is 2.29 bits per heavy atom. The van der Waals surface area contributed by atoms with Gasteiger partial charge in [-0.1, -0.05) is 0 Å². The fourth-order valence-electron chi connectivity index (χ4n) is 2.06. The van der Waals surface area contributed by atoms with Crippen molar-refractivity contribution >= 4 is 12.1 Å². The Balaban J connectivity index is 1.82. The number of phenolic OH excluding ortho intramolecular Hbond substituents is 1. The summed E-state index contributed by atoms with van der Waals surface area (Å²) in [6.45, 7) is 3.45. The van der Waals surface area contributed by atoms with E-state index in [1.54, 1.807) is 12.1 Å². The highest BCUT2D eigenvalue weighted by Gasteiger charge is 2.16. The standard InChI is InChI=1S/C14H19N3O4/c1-20-13-8-11(2-3-12(13)18)9-15-16-14(19)10-17-4-6-21-7-5-17/h2-3,8-9,18H,4-7,10H2,1H3,(H,16,19)/p+1/b15-9+. The largest absolute Gasteiger partial charge is 0.504 e. The number of morpholine rings is 1. The molecule has 0 spiro atoms. The lowest BCUT2D eigenvalue weighted by atomic mass is 10.2. The minimum absolute atomic E-state index is 0.0644. The number of aromatic hydroxyl groups is 1. The molecule has 7 nitrogen and oxygen atoms in total. The molecule has 2 rings (SSSR count). The second-order valence-electron chi connectivity index (χ2n) is 4.76. The van der Waals surface area contributed by atoms with E-state index in [-0.39, 0.29) is 11.7 Å². The molecule has 0 aliphatic carbocycles. The van der Waals surface area contributed by atoms with Gasteiger partial charge in [-0.2, -0.15) is 5.10 Å². The van der Waals surface area contributed by atoms with Gasteiger partial charge in [-0.15, -0.1) is 0 Å². The van der Waals surface area contributed by atoms with Gasteiger partial charge in [0, 0.05) is 0 Å². The normalized spacial score (nSPS) is 16.0. The Hall–Kier alpha value is -2.12. The van der Waals surface area contributed by atoms with E-state index in [0.29, 0.717) is 25.5 Å². The Labute approximate surface area is 123 Å². The summed E-state index contributed by atoms with van der Waals surface area (Å²) in [5.74, 6) is 0.298. The van der Waals surface area contributed by atoms with Crippen molar-refractivity contribution in [1.29, 1.82) is 0 Å². The Morgan fingerprint density at radius 1 is 1.52 bits per heavy atom. The van der Waals surface area contributed by atoms with Crippen LogP contribution in [0.3, 0.4) is 0 Å². The van der Waals surface area contributed by atoms with Crippen molar-refractivity contribution in [2.45, 2.75) is 0 Å². The molecular formula is C14H20N3O4+. The van der Waals surface area contributed by atoms with Crippen LogP contribution in [0.2, 0.25) is 0 Å². The van der Waals surface area contributed by atoms with Crippen LogP contribution >= 0.6 is 0 Å². The van der Waals surface area contributed by atoms with Crippen molar-refractivity contribution in [3.8, 4) is 11.5 Å². The van der Waals surface area contributed by atoms with Crippen molar-refractivity contribution in [1.82, 2.24) is 5.43 Å². The van der Waals surface area contributed by atoms with Gasteiger partial charge in [0.2, 0.25) is 0 Å². The van der Waals surface area contributed by atoms with Crippen LogP contribution < -0.4 is 15.1 Å². The number of hydrogen-bond acceptors (Lipinski definition) is 5. The Morgan fingerprint density at radius 3 is 3.00 bits per heavy atom. The van der Waals surface area contributed by atoms with Crippen molar-refractivity contribution in [3.63, 3.8) is 0 Å². The monoisotopic (exact) mass is 294 g/mol. The SMILES string of the molecule is COc1cc(/C=N/NC(=O)C[NH+]2CCOCC2)ccc1O. The average molecular weight is 294 g/mol. The molecule has 1 aromatic carbocycles. The van der Waals surface area contributed by atoms with Gasteiger partial charge in [0.05, 0.1) is 26.5 Å². The predicted octanol–water partition coefficient (Wildman–Crippen LogP) is -1.23. The smallest absolute Gasteiger partial charge is 0.295 e. The first-order valence-electron chi connectivity index (χ1n) is 6.79. The van der Waals surface area contributed by atoms with Crippen molar-refractivity contribution in [2.75, 3.05) is 40.0 Å². The maximum absolute atomic E-state index is 11.7. The predicted molar refractivity (Wildman–Crippen MR) is 76.8 cm³/mol. The highest BCUT2D eigenvalue weighted by atomic mass is 16.5. The average Bonchev–Trinajstić information content (AvgIpc) is 2.50. The molecule has 1 aliphatic heterocycles. The molecule has 0 radical (unpaired) electrons. The van der Waals surface area contributed by atoms with Gasteiger partial charge in [-0.25, -0.2) is 5.43 Å². The van der Waals surface area contributed by atoms with Gasteiger partial charge in [-0.3, -0.25) is 4.79 Å². The van der Waals surface area contributed by atoms with E-state index in [1.165, 1.54) is 24.3 Å². The summed E-state index contributed by atoms with van der Waals surface area (Å²) in [4.78, 5) is 12.9. The van der Waals surface area contributed by atoms with E-state index in [4.69, 9.17) is 9.47 Å². The summed E-state index contributed by atoms with van der Waals surface area (Å²) in [5, 5.41) is 13.4. The first-order chi connectivity index (χ1) is 10.2. The quantitative estimate of drug-likeness (QED) is 0.469. The van der Waals surface area contributed by atoms with Gasteiger partial charge >= 0.3 is 0 Å². The van der Waals surface area contributed by atoms with Crippen LogP contribution in [0.25, 0.3) is 0 Å². The van der Waals surface area contributed by atoms with E-state index >= 15 is 0 Å². The number of nitrogens with one attached hydrogen (secondary N) is 2. The third kappa shape index (κ3) is 4.73. The number of hydrazone groups is 1. The number of quaternary nitrogens is 1. The first kappa shape index (κ1) is 15.3. The first-order valence-corrected chi connectivity index (χ1v) is 6.79. The highest BCUT2D eigenvalue weighted by molar-refractivity contribution is 5.83. The van der Waals surface area contributed by atoms with Crippen molar-refractivity contribution in [2.24, 2.45) is 5.10 Å². The summed E-state index contributed by atoms with van der Waals surface area (Å²) in [6, 6.07) is 4.83. The van der Waals surface area contributed by atoms with Gasteiger partial charge < -0.3 is 19.5 Å². The van der Waals surface area contributed by atoms with Gasteiger partial charge in [0.1, 0.15) is 13.1 Å². The number of rotatable bonds is 5. The van der Waals surface area contributed by atoms with Crippen molar-refractivity contribution < 1.29 is 24.3 Å². The maximum atomic E-state index is 11.7. The van der Waals surface area contributed by atoms with E-state index in [1.807, 2.05) is 0 Å². The fraction of sp³-hybridized carbons (Fsp3) is 0.429. The number of amides is 1. The van der Waals surface area contributed by atoms with E-state index in [0.717, 1.165) is 18.7 Å². The molecule has 1 heterocycles. The zero-order valence-electron chi connectivity index (χ0n) is 12.0. The Kier molecular flexibility index (Phi) is 5.53. The van der Waals surface area contributed by atoms with E-state index < -0.39 is 0 Å². The number of benzene rings is 1. The third-order valence-corrected chi connectivity index (χ3v) is 3.22. The summed E-state index contributed by atoms with van der Waals surface area (Å²) in [7, 11) is 1.48. The van der Waals surface area contributed by atoms with Crippen LogP contribution in [0, 0.1) is 0 Å². The number of ether oxygens (including phenoxy) is 2. The summed E-state index contributed by atoms with van der Waals surface area (Å²) in [5.41, 5.74) is 3.22. The van der Waals surface area contributed by atoms with Crippen LogP contribution in [0.1, 0.15) is 5.56 Å². The number of nitrogens with zero attached hydrogens (tertiary/aromatic N) is 1. The minimum Gasteiger partial charge on any atom is -0.504 e. The number of phenols is 1. The highest BCUT2D eigenvalue weighted by Crippen LogP contribution is 2.25. The molecule has 0 bridgehead atoms. The lowest BCUT2D eigenvalue weighted by molar-refractivity contribution is -0.900. The molecule has 0 aromatic heterocycles. The summed E-state index contributed by atoms with van der Waals surface area (Å²) < 4.78 is 10.2. The van der Waals surface area contributed by atoms with Gasteiger partial charge in [0.15, 0.2) is 18.0 Å². The molecule has 1 aromatic rings. The molecule has 21 heavy (non-hydrogen) atoms. The number of methoxy groups -OCH3 is 1. The molecule has 0 atom stereocenters. The number of hydrogen-bond donors (Lipinski definition) is 3. The van der Waals surface area contributed by atoms with Gasteiger partial charge in [-0.05, 0) is 23.8 Å². The molecule has 0 unspecified atom stereocenters. The molecule has 114 valence electrons. The topological polar surface area (TPSA) is 84.6 Å². The molecule has 3 N–H and O–H groups in total. The minimum atomic E-state index is -0.131. The van der Waals surface area contributed by atoms with E-state index in [9.17, 15) is 9.90 Å². The molecule has 1 fully saturated rings. The zero-order valence-corrected chi connectivity index (χ0v) is 12.0. The van der Waals surface area contributed by atoms with Crippen LogP contribution in [0.5, 0.6) is 11.5 Å². The van der Waals surface area contributed by atoms with Crippen LogP contribution in [-0.4, -0.2) is 57.2 Å². The second-order valence-corrected chi connectivity index (χ2v) is 4.76.